The van der Waals surface area contributed by atoms with Gasteiger partial charge in [-0.15, -0.1) is 0 Å². The van der Waals surface area contributed by atoms with Crippen LogP contribution in [-0.2, 0) is 0 Å². The third-order valence-electron chi connectivity index (χ3n) is 6.00. The van der Waals surface area contributed by atoms with E-state index in [1.165, 1.54) is 38.5 Å². The van der Waals surface area contributed by atoms with E-state index < -0.39 is 6.04 Å². The molecule has 1 heterocycles. The lowest BCUT2D eigenvalue weighted by Gasteiger charge is -2.23. The minimum atomic E-state index is -0.458. The standard InChI is InChI=1S/C27H27FN2O6/c1-32-22-11-8-17(12-23(22)33-2)20-15-21(16-6-9-19(28)10-7-16)30(29-20)27(31)18-13-24(34-3)26(36-5)25(14-18)35-4/h6-14,21H,15H2,1-5H3/t21-/m0/s1. The first-order valence-corrected chi connectivity index (χ1v) is 11.1. The highest BCUT2D eigenvalue weighted by atomic mass is 19.1. The van der Waals surface area contributed by atoms with E-state index in [1.807, 2.05) is 12.1 Å². The van der Waals surface area contributed by atoms with Crippen LogP contribution in [0.25, 0.3) is 0 Å². The molecule has 0 bridgehead atoms. The Hall–Kier alpha value is -4.27. The summed E-state index contributed by atoms with van der Waals surface area (Å²) in [5.41, 5.74) is 2.50. The zero-order valence-electron chi connectivity index (χ0n) is 20.7. The van der Waals surface area contributed by atoms with Crippen molar-refractivity contribution in [3.05, 3.63) is 77.1 Å². The van der Waals surface area contributed by atoms with Gasteiger partial charge in [-0.3, -0.25) is 4.79 Å². The number of hydrogen-bond acceptors (Lipinski definition) is 7. The van der Waals surface area contributed by atoms with Gasteiger partial charge in [-0.25, -0.2) is 9.40 Å². The summed E-state index contributed by atoms with van der Waals surface area (Å²) >= 11 is 0. The molecule has 1 aliphatic rings. The van der Waals surface area contributed by atoms with E-state index in [4.69, 9.17) is 28.8 Å². The Kier molecular flexibility index (Phi) is 7.28. The van der Waals surface area contributed by atoms with Gasteiger partial charge in [-0.05, 0) is 48.0 Å². The first-order valence-electron chi connectivity index (χ1n) is 11.1. The molecule has 0 aromatic heterocycles. The van der Waals surface area contributed by atoms with Crippen LogP contribution in [0.2, 0.25) is 0 Å². The smallest absolute Gasteiger partial charge is 0.274 e. The Bertz CT molecular complexity index is 1270. The van der Waals surface area contributed by atoms with Gasteiger partial charge in [-0.2, -0.15) is 5.10 Å². The summed E-state index contributed by atoms with van der Waals surface area (Å²) in [4.78, 5) is 13.8. The van der Waals surface area contributed by atoms with Gasteiger partial charge in [0.15, 0.2) is 23.0 Å². The first-order chi connectivity index (χ1) is 17.4. The molecule has 8 nitrogen and oxygen atoms in total. The lowest BCUT2D eigenvalue weighted by atomic mass is 9.97. The maximum atomic E-state index is 13.8. The minimum Gasteiger partial charge on any atom is -0.493 e. The Morgan fingerprint density at radius 2 is 1.42 bits per heavy atom. The number of hydrazone groups is 1. The van der Waals surface area contributed by atoms with Gasteiger partial charge < -0.3 is 23.7 Å². The summed E-state index contributed by atoms with van der Waals surface area (Å²) in [6, 6.07) is 14.2. The summed E-state index contributed by atoms with van der Waals surface area (Å²) in [6.45, 7) is 0. The van der Waals surface area contributed by atoms with Gasteiger partial charge >= 0.3 is 0 Å². The van der Waals surface area contributed by atoms with E-state index in [1.54, 1.807) is 44.6 Å². The molecule has 0 aliphatic carbocycles. The first kappa shape index (κ1) is 24.8. The van der Waals surface area contributed by atoms with Crippen LogP contribution in [0.3, 0.4) is 0 Å². The van der Waals surface area contributed by atoms with Gasteiger partial charge in [0.05, 0.1) is 47.3 Å². The molecule has 1 aliphatic heterocycles. The molecule has 0 N–H and O–H groups in total. The summed E-state index contributed by atoms with van der Waals surface area (Å²) in [5.74, 6) is 1.47. The second-order valence-electron chi connectivity index (χ2n) is 7.95. The fourth-order valence-corrected chi connectivity index (χ4v) is 4.17. The maximum Gasteiger partial charge on any atom is 0.274 e. The highest BCUT2D eigenvalue weighted by Crippen LogP contribution is 2.41. The molecule has 9 heteroatoms. The molecule has 1 amide bonds. The van der Waals surface area contributed by atoms with Crippen molar-refractivity contribution in [2.75, 3.05) is 35.5 Å². The number of carbonyl (C=O) groups is 1. The number of amides is 1. The van der Waals surface area contributed by atoms with Crippen LogP contribution in [0.4, 0.5) is 4.39 Å². The highest BCUT2D eigenvalue weighted by molar-refractivity contribution is 6.05. The number of benzene rings is 3. The van der Waals surface area contributed by atoms with Crippen LogP contribution in [0.15, 0.2) is 59.7 Å². The van der Waals surface area contributed by atoms with E-state index in [0.29, 0.717) is 46.4 Å². The Balaban J connectivity index is 1.79. The van der Waals surface area contributed by atoms with Crippen LogP contribution < -0.4 is 23.7 Å². The van der Waals surface area contributed by atoms with Crippen LogP contribution in [0.5, 0.6) is 28.7 Å². The molecule has 0 radical (unpaired) electrons. The number of carbonyl (C=O) groups excluding carboxylic acids is 1. The number of rotatable bonds is 8. The Labute approximate surface area is 208 Å². The zero-order valence-corrected chi connectivity index (χ0v) is 20.7. The normalized spacial score (nSPS) is 14.8. The fourth-order valence-electron chi connectivity index (χ4n) is 4.17. The molecule has 0 saturated carbocycles. The molecule has 0 fully saturated rings. The van der Waals surface area contributed by atoms with E-state index in [-0.39, 0.29) is 11.7 Å². The van der Waals surface area contributed by atoms with Crippen molar-refractivity contribution in [2.45, 2.75) is 12.5 Å². The molecule has 1 atom stereocenters. The molecule has 0 saturated heterocycles. The number of ether oxygens (including phenoxy) is 5. The minimum absolute atomic E-state index is 0.300. The summed E-state index contributed by atoms with van der Waals surface area (Å²) < 4.78 is 40.6. The molecule has 4 rings (SSSR count). The van der Waals surface area contributed by atoms with Gasteiger partial charge in [0.25, 0.3) is 5.91 Å². The van der Waals surface area contributed by atoms with Crippen LogP contribution in [0, 0.1) is 5.82 Å². The molecule has 3 aromatic rings. The average molecular weight is 495 g/mol. The van der Waals surface area contributed by atoms with Gasteiger partial charge in [0.1, 0.15) is 5.82 Å². The molecule has 188 valence electrons. The maximum absolute atomic E-state index is 13.8. The van der Waals surface area contributed by atoms with Crippen molar-refractivity contribution >= 4 is 11.6 Å². The molecular weight excluding hydrogens is 467 g/mol. The third kappa shape index (κ3) is 4.64. The molecule has 0 spiro atoms. The van der Waals surface area contributed by atoms with Crippen molar-refractivity contribution in [3.8, 4) is 28.7 Å². The lowest BCUT2D eigenvalue weighted by molar-refractivity contribution is 0.0710. The van der Waals surface area contributed by atoms with E-state index in [2.05, 4.69) is 0 Å². The van der Waals surface area contributed by atoms with E-state index >= 15 is 0 Å². The predicted octanol–water partition coefficient (Wildman–Crippen LogP) is 4.86. The van der Waals surface area contributed by atoms with E-state index in [9.17, 15) is 9.18 Å². The number of nitrogens with zero attached hydrogens (tertiary/aromatic N) is 2. The third-order valence-corrected chi connectivity index (χ3v) is 6.00. The van der Waals surface area contributed by atoms with Crippen molar-refractivity contribution in [2.24, 2.45) is 5.10 Å². The summed E-state index contributed by atoms with van der Waals surface area (Å²) in [5, 5.41) is 6.10. The molecule has 3 aromatic carbocycles. The predicted molar refractivity (Wildman–Crippen MR) is 132 cm³/mol. The van der Waals surface area contributed by atoms with Crippen molar-refractivity contribution in [3.63, 3.8) is 0 Å². The second kappa shape index (κ2) is 10.6. The van der Waals surface area contributed by atoms with Gasteiger partial charge in [0.2, 0.25) is 5.75 Å². The van der Waals surface area contributed by atoms with Crippen LogP contribution in [-0.4, -0.2) is 52.2 Å². The monoisotopic (exact) mass is 494 g/mol. The Morgan fingerprint density at radius 3 is 1.97 bits per heavy atom. The largest absolute Gasteiger partial charge is 0.493 e. The van der Waals surface area contributed by atoms with Crippen molar-refractivity contribution in [1.82, 2.24) is 5.01 Å². The number of methoxy groups -OCH3 is 5. The topological polar surface area (TPSA) is 78.8 Å². The van der Waals surface area contributed by atoms with Gasteiger partial charge in [-0.1, -0.05) is 12.1 Å². The quantitative estimate of drug-likeness (QED) is 0.445. The van der Waals surface area contributed by atoms with Crippen LogP contribution >= 0.6 is 0 Å². The highest BCUT2D eigenvalue weighted by Gasteiger charge is 2.35. The SMILES string of the molecule is COc1ccc(C2=NN(C(=O)c3cc(OC)c(OC)c(OC)c3)[C@H](c3ccc(F)cc3)C2)cc1OC. The molecular formula is C27H27FN2O6. The Morgan fingerprint density at radius 1 is 0.806 bits per heavy atom. The second-order valence-corrected chi connectivity index (χ2v) is 7.95. The van der Waals surface area contributed by atoms with Gasteiger partial charge in [0, 0.05) is 17.5 Å². The number of halogens is 1. The number of hydrogen-bond donors (Lipinski definition) is 0. The molecule has 36 heavy (non-hydrogen) atoms. The van der Waals surface area contributed by atoms with E-state index in [0.717, 1.165) is 11.1 Å². The van der Waals surface area contributed by atoms with Crippen molar-refractivity contribution in [1.29, 1.82) is 0 Å². The average Bonchev–Trinajstić information content (AvgIpc) is 3.37. The van der Waals surface area contributed by atoms with Crippen LogP contribution in [0.1, 0.15) is 33.9 Å². The summed E-state index contributed by atoms with van der Waals surface area (Å²) in [7, 11) is 7.57. The lowest BCUT2D eigenvalue weighted by Crippen LogP contribution is -2.27. The molecule has 0 unspecified atom stereocenters. The fraction of sp³-hybridized carbons (Fsp3) is 0.259. The van der Waals surface area contributed by atoms with Crippen molar-refractivity contribution < 1.29 is 32.9 Å². The zero-order chi connectivity index (χ0) is 25.8. The summed E-state index contributed by atoms with van der Waals surface area (Å²) in [6.07, 6.45) is 0.414.